The van der Waals surface area contributed by atoms with E-state index in [0.717, 1.165) is 0 Å². The Morgan fingerprint density at radius 1 is 1.05 bits per heavy atom. The van der Waals surface area contributed by atoms with E-state index >= 15 is 0 Å². The zero-order chi connectivity index (χ0) is 29.2. The lowest BCUT2D eigenvalue weighted by atomic mass is 10.0. The van der Waals surface area contributed by atoms with Crippen molar-refractivity contribution in [1.29, 1.82) is 0 Å². The normalized spacial score (nSPS) is 13.1. The largest absolute Gasteiger partial charge is 0.457 e. The van der Waals surface area contributed by atoms with Crippen molar-refractivity contribution in [3.05, 3.63) is 58.9 Å². The number of hydrogen-bond acceptors (Lipinski definition) is 10. The minimum atomic E-state index is -1.82. The maximum atomic E-state index is 14.2. The molecule has 0 saturated carbocycles. The van der Waals surface area contributed by atoms with Gasteiger partial charge in [0.15, 0.2) is 6.10 Å². The topological polar surface area (TPSA) is 135 Å². The van der Waals surface area contributed by atoms with Crippen molar-refractivity contribution in [2.45, 2.75) is 65.0 Å². The monoisotopic (exact) mass is 568 g/mol. The van der Waals surface area contributed by atoms with Gasteiger partial charge in [0.2, 0.25) is 13.0 Å². The van der Waals surface area contributed by atoms with E-state index in [9.17, 15) is 29.0 Å². The predicted octanol–water partition coefficient (Wildman–Crippen LogP) is 3.32. The molecule has 0 bridgehead atoms. The number of hydrogen-bond donors (Lipinski definition) is 3. The molecule has 12 heteroatoms. The first-order valence-electron chi connectivity index (χ1n) is 12.3. The average molecular weight is 569 g/mol. The average Bonchev–Trinajstić information content (AvgIpc) is 2.85. The van der Waals surface area contributed by atoms with Crippen LogP contribution in [-0.2, 0) is 35.1 Å². The van der Waals surface area contributed by atoms with Gasteiger partial charge in [0.05, 0.1) is 6.54 Å². The summed E-state index contributed by atoms with van der Waals surface area (Å²) in [5.74, 6) is -3.05. The Morgan fingerprint density at radius 3 is 2.33 bits per heavy atom. The molecule has 0 radical (unpaired) electrons. The Hall–Kier alpha value is -3.09. The number of esters is 3. The summed E-state index contributed by atoms with van der Waals surface area (Å²) in [6.45, 7) is 5.59. The molecular formula is C27H34ClFN2O8. The summed E-state index contributed by atoms with van der Waals surface area (Å²) in [5, 5.41) is 22.3. The molecule has 3 N–H and O–H groups in total. The van der Waals surface area contributed by atoms with E-state index in [-0.39, 0.29) is 13.0 Å². The van der Waals surface area contributed by atoms with Crippen molar-refractivity contribution in [3.8, 4) is 11.1 Å². The molecule has 0 aliphatic carbocycles. The predicted molar refractivity (Wildman–Crippen MR) is 140 cm³/mol. The van der Waals surface area contributed by atoms with Gasteiger partial charge in [-0.25, -0.2) is 24.4 Å². The van der Waals surface area contributed by atoms with E-state index in [1.807, 2.05) is 0 Å². The second-order valence-electron chi connectivity index (χ2n) is 9.63. The molecule has 0 heterocycles. The summed E-state index contributed by atoms with van der Waals surface area (Å²) >= 11 is 5.99. The van der Waals surface area contributed by atoms with Crippen molar-refractivity contribution < 1.29 is 43.2 Å². The van der Waals surface area contributed by atoms with Gasteiger partial charge in [-0.3, -0.25) is 4.79 Å². The Morgan fingerprint density at radius 2 is 1.72 bits per heavy atom. The molecule has 214 valence electrons. The molecule has 2 aromatic rings. The van der Waals surface area contributed by atoms with Gasteiger partial charge in [0.1, 0.15) is 11.4 Å². The van der Waals surface area contributed by atoms with Gasteiger partial charge < -0.3 is 24.4 Å². The van der Waals surface area contributed by atoms with Crippen LogP contribution >= 0.6 is 11.6 Å². The zero-order valence-electron chi connectivity index (χ0n) is 22.3. The first kappa shape index (κ1) is 32.1. The van der Waals surface area contributed by atoms with E-state index in [4.69, 9.17) is 25.8 Å². The SMILES string of the molecule is CCCC(=O)OCOC(=O)[C@H](O)CN(Cc1ccc(-c2cc(Cl)ccc2F)cc1)NC(O)C(=O)OC(C)(C)C. The Bertz CT molecular complexity index is 1120. The zero-order valence-corrected chi connectivity index (χ0v) is 23.0. The van der Waals surface area contributed by atoms with Crippen LogP contribution in [0.1, 0.15) is 46.1 Å². The molecule has 0 spiro atoms. The summed E-state index contributed by atoms with van der Waals surface area (Å²) in [7, 11) is 0. The molecule has 39 heavy (non-hydrogen) atoms. The summed E-state index contributed by atoms with van der Waals surface area (Å²) in [5.41, 5.74) is 3.14. The van der Waals surface area contributed by atoms with Gasteiger partial charge in [0.25, 0.3) is 0 Å². The number of hydrazine groups is 1. The first-order valence-corrected chi connectivity index (χ1v) is 12.6. The number of nitrogens with one attached hydrogen (secondary N) is 1. The van der Waals surface area contributed by atoms with Crippen LogP contribution in [0, 0.1) is 5.82 Å². The lowest BCUT2D eigenvalue weighted by molar-refractivity contribution is -0.175. The van der Waals surface area contributed by atoms with E-state index in [1.165, 1.54) is 23.2 Å². The molecule has 0 aliphatic rings. The molecule has 2 rings (SSSR count). The minimum Gasteiger partial charge on any atom is -0.457 e. The third kappa shape index (κ3) is 11.3. The van der Waals surface area contributed by atoms with Crippen molar-refractivity contribution in [3.63, 3.8) is 0 Å². The lowest BCUT2D eigenvalue weighted by Crippen LogP contribution is -2.52. The van der Waals surface area contributed by atoms with E-state index in [0.29, 0.717) is 28.1 Å². The number of carbonyl (C=O) groups excluding carboxylic acids is 3. The second kappa shape index (κ2) is 14.9. The number of benzene rings is 2. The summed E-state index contributed by atoms with van der Waals surface area (Å²) in [6.07, 6.45) is -2.83. The number of rotatable bonds is 13. The second-order valence-corrected chi connectivity index (χ2v) is 10.1. The van der Waals surface area contributed by atoms with Crippen LogP contribution in [0.3, 0.4) is 0 Å². The van der Waals surface area contributed by atoms with Crippen LogP contribution in [-0.4, -0.2) is 64.4 Å². The first-order chi connectivity index (χ1) is 18.3. The van der Waals surface area contributed by atoms with Gasteiger partial charge in [-0.1, -0.05) is 42.8 Å². The third-order valence-corrected chi connectivity index (χ3v) is 5.28. The number of nitrogens with zero attached hydrogens (tertiary/aromatic N) is 1. The highest BCUT2D eigenvalue weighted by Crippen LogP contribution is 2.26. The summed E-state index contributed by atoms with van der Waals surface area (Å²) < 4.78 is 28.9. The number of halogens is 2. The number of aliphatic hydroxyl groups excluding tert-OH is 2. The smallest absolute Gasteiger partial charge is 0.352 e. The summed E-state index contributed by atoms with van der Waals surface area (Å²) in [6, 6.07) is 10.9. The van der Waals surface area contributed by atoms with Crippen molar-refractivity contribution in [1.82, 2.24) is 10.4 Å². The minimum absolute atomic E-state index is 0.00596. The lowest BCUT2D eigenvalue weighted by Gasteiger charge is -2.29. The molecule has 0 amide bonds. The number of ether oxygens (including phenoxy) is 3. The van der Waals surface area contributed by atoms with Gasteiger partial charge in [-0.2, -0.15) is 0 Å². The molecule has 0 aromatic heterocycles. The fraction of sp³-hybridized carbons (Fsp3) is 0.444. The molecule has 0 saturated heterocycles. The molecule has 2 aromatic carbocycles. The fourth-order valence-electron chi connectivity index (χ4n) is 3.28. The van der Waals surface area contributed by atoms with Crippen LogP contribution in [0.4, 0.5) is 4.39 Å². The van der Waals surface area contributed by atoms with Crippen LogP contribution < -0.4 is 5.43 Å². The molecular weight excluding hydrogens is 535 g/mol. The molecule has 0 fully saturated rings. The van der Waals surface area contributed by atoms with Crippen molar-refractivity contribution in [2.24, 2.45) is 0 Å². The van der Waals surface area contributed by atoms with Crippen molar-refractivity contribution >= 4 is 29.5 Å². The Balaban J connectivity index is 2.13. The van der Waals surface area contributed by atoms with Gasteiger partial charge in [-0.15, -0.1) is 0 Å². The van der Waals surface area contributed by atoms with Crippen LogP contribution in [0.15, 0.2) is 42.5 Å². The Labute approximate surface area is 231 Å². The van der Waals surface area contributed by atoms with Gasteiger partial charge >= 0.3 is 17.9 Å². The van der Waals surface area contributed by atoms with Crippen molar-refractivity contribution in [2.75, 3.05) is 13.3 Å². The fourth-order valence-corrected chi connectivity index (χ4v) is 3.46. The molecule has 1 unspecified atom stereocenters. The molecule has 2 atom stereocenters. The van der Waals surface area contributed by atoms with Crippen LogP contribution in [0.25, 0.3) is 11.1 Å². The van der Waals surface area contributed by atoms with E-state index in [2.05, 4.69) is 5.43 Å². The molecule has 10 nitrogen and oxygen atoms in total. The quantitative estimate of drug-likeness (QED) is 0.188. The summed E-state index contributed by atoms with van der Waals surface area (Å²) in [4.78, 5) is 35.9. The van der Waals surface area contributed by atoms with Gasteiger partial charge in [-0.05, 0) is 56.5 Å². The van der Waals surface area contributed by atoms with Crippen LogP contribution in [0.2, 0.25) is 5.02 Å². The standard InChI is InChI=1S/C27H34ClFN2O8/c1-5-6-23(33)37-16-38-25(35)22(32)15-31(30-24(34)26(36)39-27(2,3)4)14-17-7-9-18(10-8-17)20-13-19(28)11-12-21(20)29/h7-13,22,24,30,32,34H,5-6,14-16H2,1-4H3/t22-,24?/m1/s1. The maximum Gasteiger partial charge on any atom is 0.352 e. The van der Waals surface area contributed by atoms with E-state index < -0.39 is 55.0 Å². The van der Waals surface area contributed by atoms with Crippen LogP contribution in [0.5, 0.6) is 0 Å². The third-order valence-electron chi connectivity index (χ3n) is 5.04. The number of aliphatic hydroxyl groups is 2. The maximum absolute atomic E-state index is 14.2. The molecule has 0 aliphatic heterocycles. The highest BCUT2D eigenvalue weighted by atomic mass is 35.5. The number of carbonyl (C=O) groups is 3. The van der Waals surface area contributed by atoms with E-state index in [1.54, 1.807) is 52.0 Å². The Kier molecular flexibility index (Phi) is 12.3. The highest BCUT2D eigenvalue weighted by Gasteiger charge is 2.28. The highest BCUT2D eigenvalue weighted by molar-refractivity contribution is 6.30. The van der Waals surface area contributed by atoms with Gasteiger partial charge in [0, 0.05) is 23.6 Å².